The first kappa shape index (κ1) is 20.0. The smallest absolute Gasteiger partial charge is 0.341 e. The van der Waals surface area contributed by atoms with Crippen LogP contribution >= 0.6 is 0 Å². The van der Waals surface area contributed by atoms with E-state index in [2.05, 4.69) is 5.32 Å². The monoisotopic (exact) mass is 389 g/mol. The Hall–Kier alpha value is -2.77. The minimum Gasteiger partial charge on any atom is -0.482 e. The summed E-state index contributed by atoms with van der Waals surface area (Å²) in [5.74, 6) is -0.929. The molecule has 2 aliphatic rings. The number of nitrogens with zero attached hydrogens (tertiary/aromatic N) is 2. The van der Waals surface area contributed by atoms with E-state index < -0.39 is 12.6 Å². The van der Waals surface area contributed by atoms with Crippen molar-refractivity contribution in [2.24, 2.45) is 5.92 Å². The van der Waals surface area contributed by atoms with Crippen LogP contribution in [0, 0.1) is 12.8 Å². The minimum absolute atomic E-state index is 0.0473. The van der Waals surface area contributed by atoms with Crippen molar-refractivity contribution < 1.29 is 24.2 Å². The van der Waals surface area contributed by atoms with Crippen molar-refractivity contribution in [3.63, 3.8) is 0 Å². The third-order valence-corrected chi connectivity index (χ3v) is 5.26. The molecule has 8 nitrogen and oxygen atoms in total. The molecule has 0 spiro atoms. The molecule has 2 aliphatic heterocycles. The van der Waals surface area contributed by atoms with E-state index in [9.17, 15) is 14.4 Å². The Morgan fingerprint density at radius 1 is 1.14 bits per heavy atom. The zero-order chi connectivity index (χ0) is 20.1. The minimum atomic E-state index is -1.04. The Morgan fingerprint density at radius 3 is 2.54 bits per heavy atom. The fraction of sp³-hybridized carbons (Fsp3) is 0.550. The van der Waals surface area contributed by atoms with Crippen LogP contribution in [0.5, 0.6) is 5.75 Å². The van der Waals surface area contributed by atoms with Crippen molar-refractivity contribution in [2.45, 2.75) is 32.6 Å². The molecule has 2 fully saturated rings. The molecule has 28 heavy (non-hydrogen) atoms. The molecule has 2 N–H and O–H groups in total. The normalized spacial score (nSPS) is 19.4. The van der Waals surface area contributed by atoms with Crippen LogP contribution in [0.15, 0.2) is 18.2 Å². The van der Waals surface area contributed by atoms with Crippen molar-refractivity contribution in [3.05, 3.63) is 23.8 Å². The summed E-state index contributed by atoms with van der Waals surface area (Å²) in [6, 6.07) is 5.09. The van der Waals surface area contributed by atoms with Crippen LogP contribution in [0.2, 0.25) is 0 Å². The second kappa shape index (κ2) is 8.95. The number of rotatable bonds is 5. The highest BCUT2D eigenvalue weighted by Crippen LogP contribution is 2.24. The summed E-state index contributed by atoms with van der Waals surface area (Å²) < 4.78 is 5.15. The number of carbonyl (C=O) groups is 3. The summed E-state index contributed by atoms with van der Waals surface area (Å²) in [4.78, 5) is 39.6. The molecule has 3 rings (SSSR count). The first-order valence-corrected chi connectivity index (χ1v) is 9.74. The highest BCUT2D eigenvalue weighted by molar-refractivity contribution is 5.94. The van der Waals surface area contributed by atoms with Crippen LogP contribution in [0.4, 0.5) is 10.5 Å². The van der Waals surface area contributed by atoms with Gasteiger partial charge in [0.15, 0.2) is 6.61 Å². The molecule has 152 valence electrons. The topological polar surface area (TPSA) is 99.2 Å². The molecule has 8 heteroatoms. The van der Waals surface area contributed by atoms with E-state index in [0.717, 1.165) is 44.3 Å². The molecule has 2 saturated heterocycles. The maximum absolute atomic E-state index is 12.7. The molecule has 1 atom stereocenters. The van der Waals surface area contributed by atoms with E-state index in [1.807, 2.05) is 11.8 Å². The average molecular weight is 389 g/mol. The number of amides is 3. The third-order valence-electron chi connectivity index (χ3n) is 5.26. The van der Waals surface area contributed by atoms with Gasteiger partial charge in [-0.25, -0.2) is 9.59 Å². The molecule has 1 unspecified atom stereocenters. The predicted octanol–water partition coefficient (Wildman–Crippen LogP) is 2.32. The van der Waals surface area contributed by atoms with Crippen LogP contribution in [-0.2, 0) is 9.59 Å². The SMILES string of the molecule is Cc1cc(OCC(=O)O)ccc1NC(=O)C1CCCN(C(=O)N2CCCC2)C1. The number of carbonyl (C=O) groups excluding carboxylic acids is 2. The largest absolute Gasteiger partial charge is 0.482 e. The number of hydrogen-bond acceptors (Lipinski definition) is 4. The standard InChI is InChI=1S/C20H27N3O5/c1-14-11-16(28-13-18(24)25)6-7-17(14)21-19(26)15-5-4-10-23(12-15)20(27)22-8-2-3-9-22/h6-7,11,15H,2-5,8-10,12-13H2,1H3,(H,21,26)(H,24,25). The molecule has 0 aliphatic carbocycles. The van der Waals surface area contributed by atoms with Crippen LogP contribution in [-0.4, -0.2) is 65.6 Å². The van der Waals surface area contributed by atoms with Crippen molar-refractivity contribution >= 4 is 23.6 Å². The molecular weight excluding hydrogens is 362 g/mol. The lowest BCUT2D eigenvalue weighted by molar-refractivity contribution is -0.139. The van der Waals surface area contributed by atoms with Crippen LogP contribution in [0.25, 0.3) is 0 Å². The van der Waals surface area contributed by atoms with E-state index in [-0.39, 0.29) is 17.9 Å². The van der Waals surface area contributed by atoms with Gasteiger partial charge in [0.25, 0.3) is 0 Å². The molecule has 0 radical (unpaired) electrons. The Kier molecular flexibility index (Phi) is 6.38. The third kappa shape index (κ3) is 4.94. The maximum atomic E-state index is 12.7. The lowest BCUT2D eigenvalue weighted by Crippen LogP contribution is -2.48. The average Bonchev–Trinajstić information content (AvgIpc) is 3.22. The predicted molar refractivity (Wildman–Crippen MR) is 103 cm³/mol. The van der Waals surface area contributed by atoms with Gasteiger partial charge in [0, 0.05) is 31.9 Å². The maximum Gasteiger partial charge on any atom is 0.341 e. The Balaban J connectivity index is 1.57. The van der Waals surface area contributed by atoms with Crippen molar-refractivity contribution in [1.82, 2.24) is 9.80 Å². The molecule has 1 aromatic carbocycles. The summed E-state index contributed by atoms with van der Waals surface area (Å²) in [6.07, 6.45) is 3.68. The Labute approximate surface area is 164 Å². The van der Waals surface area contributed by atoms with Gasteiger partial charge in [-0.15, -0.1) is 0 Å². The molecular formula is C20H27N3O5. The Bertz CT molecular complexity index is 745. The van der Waals surface area contributed by atoms with Crippen molar-refractivity contribution in [3.8, 4) is 5.75 Å². The molecule has 0 bridgehead atoms. The number of aryl methyl sites for hydroxylation is 1. The summed E-state index contributed by atoms with van der Waals surface area (Å²) in [5.41, 5.74) is 1.45. The molecule has 0 saturated carbocycles. The van der Waals surface area contributed by atoms with Crippen LogP contribution in [0.3, 0.4) is 0 Å². The number of aliphatic carboxylic acids is 1. The van der Waals surface area contributed by atoms with Crippen molar-refractivity contribution in [2.75, 3.05) is 38.1 Å². The molecule has 1 aromatic rings. The second-order valence-electron chi connectivity index (χ2n) is 7.41. The number of anilines is 1. The van der Waals surface area contributed by atoms with Gasteiger partial charge in [-0.1, -0.05) is 0 Å². The first-order valence-electron chi connectivity index (χ1n) is 9.74. The van der Waals surface area contributed by atoms with Gasteiger partial charge in [-0.3, -0.25) is 4.79 Å². The number of carboxylic acid groups (broad SMARTS) is 1. The number of hydrogen-bond donors (Lipinski definition) is 2. The van der Waals surface area contributed by atoms with Crippen LogP contribution < -0.4 is 10.1 Å². The molecule has 0 aromatic heterocycles. The zero-order valence-corrected chi connectivity index (χ0v) is 16.1. The number of carboxylic acids is 1. The highest BCUT2D eigenvalue weighted by Gasteiger charge is 2.31. The lowest BCUT2D eigenvalue weighted by Gasteiger charge is -2.34. The van der Waals surface area contributed by atoms with E-state index in [4.69, 9.17) is 9.84 Å². The second-order valence-corrected chi connectivity index (χ2v) is 7.41. The first-order chi connectivity index (χ1) is 13.4. The molecule has 2 heterocycles. The summed E-state index contributed by atoms with van der Waals surface area (Å²) in [6.45, 7) is 4.18. The number of nitrogens with one attached hydrogen (secondary N) is 1. The number of piperidine rings is 1. The number of ether oxygens (including phenoxy) is 1. The summed E-state index contributed by atoms with van der Waals surface area (Å²) >= 11 is 0. The highest BCUT2D eigenvalue weighted by atomic mass is 16.5. The fourth-order valence-corrected chi connectivity index (χ4v) is 3.72. The van der Waals surface area contributed by atoms with Gasteiger partial charge in [0.05, 0.1) is 5.92 Å². The quantitative estimate of drug-likeness (QED) is 0.805. The fourth-order valence-electron chi connectivity index (χ4n) is 3.72. The summed E-state index contributed by atoms with van der Waals surface area (Å²) in [7, 11) is 0. The van der Waals surface area contributed by atoms with E-state index >= 15 is 0 Å². The van der Waals surface area contributed by atoms with Crippen LogP contribution in [0.1, 0.15) is 31.2 Å². The van der Waals surface area contributed by atoms with Gasteiger partial charge in [-0.2, -0.15) is 0 Å². The van der Waals surface area contributed by atoms with E-state index in [0.29, 0.717) is 24.5 Å². The van der Waals surface area contributed by atoms with E-state index in [1.165, 1.54) is 0 Å². The zero-order valence-electron chi connectivity index (χ0n) is 16.1. The van der Waals surface area contributed by atoms with Gasteiger partial charge in [-0.05, 0) is 56.4 Å². The number of benzene rings is 1. The number of likely N-dealkylation sites (tertiary alicyclic amines) is 2. The summed E-state index contributed by atoms with van der Waals surface area (Å²) in [5, 5.41) is 11.6. The lowest BCUT2D eigenvalue weighted by atomic mass is 9.97. The molecule has 3 amide bonds. The van der Waals surface area contributed by atoms with E-state index in [1.54, 1.807) is 23.1 Å². The van der Waals surface area contributed by atoms with Gasteiger partial charge in [0.2, 0.25) is 5.91 Å². The van der Waals surface area contributed by atoms with Gasteiger partial charge in [0.1, 0.15) is 5.75 Å². The Morgan fingerprint density at radius 2 is 1.86 bits per heavy atom. The number of urea groups is 1. The van der Waals surface area contributed by atoms with Gasteiger partial charge < -0.3 is 25.0 Å². The van der Waals surface area contributed by atoms with Crippen molar-refractivity contribution in [1.29, 1.82) is 0 Å². The van der Waals surface area contributed by atoms with Gasteiger partial charge >= 0.3 is 12.0 Å².